The van der Waals surface area contributed by atoms with E-state index in [1.165, 1.54) is 12.0 Å². The third-order valence-corrected chi connectivity index (χ3v) is 4.17. The van der Waals surface area contributed by atoms with Gasteiger partial charge in [0.1, 0.15) is 0 Å². The second kappa shape index (κ2) is 6.64. The largest absolute Gasteiger partial charge is 0.353 e. The molecule has 1 heterocycles. The van der Waals surface area contributed by atoms with Crippen LogP contribution in [0.1, 0.15) is 17.7 Å². The summed E-state index contributed by atoms with van der Waals surface area (Å²) in [4.78, 5) is 4.30. The number of aliphatic imine (C=N–C) groups is 1. The number of hydrogen-bond acceptors (Lipinski definition) is 2. The van der Waals surface area contributed by atoms with Gasteiger partial charge in [0.05, 0.1) is 12.2 Å². The standard InChI is InChI=1S/C17H23N5/c1-18-17(19-12-15-8-9-20-22(15)2)21-16-11-14(16)10-13-6-4-3-5-7-13/h3-9,14,16H,10-12H2,1-2H3,(H2,18,19,21). The van der Waals surface area contributed by atoms with Crippen LogP contribution in [0.4, 0.5) is 0 Å². The van der Waals surface area contributed by atoms with Gasteiger partial charge in [0.25, 0.3) is 0 Å². The first-order valence-electron chi connectivity index (χ1n) is 7.74. The summed E-state index contributed by atoms with van der Waals surface area (Å²) in [6.45, 7) is 0.728. The maximum atomic E-state index is 4.30. The molecular formula is C17H23N5. The van der Waals surface area contributed by atoms with Crippen LogP contribution in [0.3, 0.4) is 0 Å². The number of aromatic nitrogens is 2. The second-order valence-electron chi connectivity index (χ2n) is 5.81. The summed E-state index contributed by atoms with van der Waals surface area (Å²) in [5.74, 6) is 1.57. The molecule has 1 aliphatic carbocycles. The van der Waals surface area contributed by atoms with Crippen LogP contribution in [0, 0.1) is 5.92 Å². The molecule has 0 spiro atoms. The van der Waals surface area contributed by atoms with Crippen molar-refractivity contribution in [2.45, 2.75) is 25.4 Å². The van der Waals surface area contributed by atoms with Crippen molar-refractivity contribution >= 4 is 5.96 Å². The summed E-state index contributed by atoms with van der Waals surface area (Å²) in [5.41, 5.74) is 2.55. The highest BCUT2D eigenvalue weighted by Gasteiger charge is 2.37. The van der Waals surface area contributed by atoms with Crippen molar-refractivity contribution in [3.63, 3.8) is 0 Å². The number of benzene rings is 1. The molecule has 0 bridgehead atoms. The van der Waals surface area contributed by atoms with Crippen LogP contribution in [0.2, 0.25) is 0 Å². The molecule has 116 valence electrons. The normalized spacial score (nSPS) is 20.7. The lowest BCUT2D eigenvalue weighted by molar-refractivity contribution is 0.676. The SMILES string of the molecule is CN=C(NCc1ccnn1C)NC1CC1Cc1ccccc1. The second-order valence-corrected chi connectivity index (χ2v) is 5.81. The van der Waals surface area contributed by atoms with Gasteiger partial charge in [0.2, 0.25) is 0 Å². The molecule has 1 saturated carbocycles. The predicted molar refractivity (Wildman–Crippen MR) is 88.6 cm³/mol. The molecule has 1 aromatic carbocycles. The Morgan fingerprint density at radius 2 is 2.14 bits per heavy atom. The van der Waals surface area contributed by atoms with E-state index in [0.717, 1.165) is 24.6 Å². The Morgan fingerprint density at radius 1 is 1.32 bits per heavy atom. The molecule has 1 fully saturated rings. The molecule has 2 N–H and O–H groups in total. The first kappa shape index (κ1) is 14.6. The van der Waals surface area contributed by atoms with Crippen molar-refractivity contribution < 1.29 is 0 Å². The van der Waals surface area contributed by atoms with Gasteiger partial charge < -0.3 is 10.6 Å². The van der Waals surface area contributed by atoms with E-state index in [4.69, 9.17) is 0 Å². The smallest absolute Gasteiger partial charge is 0.191 e. The maximum absolute atomic E-state index is 4.30. The molecule has 0 aliphatic heterocycles. The van der Waals surface area contributed by atoms with E-state index in [-0.39, 0.29) is 0 Å². The number of aryl methyl sites for hydroxylation is 1. The minimum Gasteiger partial charge on any atom is -0.353 e. The monoisotopic (exact) mass is 297 g/mol. The number of hydrogen-bond donors (Lipinski definition) is 2. The highest BCUT2D eigenvalue weighted by molar-refractivity contribution is 5.80. The first-order valence-corrected chi connectivity index (χ1v) is 7.74. The summed E-state index contributed by atoms with van der Waals surface area (Å²) in [7, 11) is 3.76. The lowest BCUT2D eigenvalue weighted by Gasteiger charge is -2.12. The van der Waals surface area contributed by atoms with Gasteiger partial charge in [0, 0.05) is 26.3 Å². The molecule has 1 aliphatic rings. The quantitative estimate of drug-likeness (QED) is 0.652. The lowest BCUT2D eigenvalue weighted by atomic mass is 10.1. The fourth-order valence-corrected chi connectivity index (χ4v) is 2.69. The zero-order valence-corrected chi connectivity index (χ0v) is 13.2. The minimum atomic E-state index is 0.526. The van der Waals surface area contributed by atoms with E-state index in [1.807, 2.05) is 31.0 Å². The highest BCUT2D eigenvalue weighted by Crippen LogP contribution is 2.33. The van der Waals surface area contributed by atoms with Gasteiger partial charge in [-0.25, -0.2) is 0 Å². The van der Waals surface area contributed by atoms with Crippen LogP contribution in [-0.4, -0.2) is 28.8 Å². The van der Waals surface area contributed by atoms with Crippen LogP contribution >= 0.6 is 0 Å². The highest BCUT2D eigenvalue weighted by atomic mass is 15.3. The van der Waals surface area contributed by atoms with E-state index in [0.29, 0.717) is 12.0 Å². The average molecular weight is 297 g/mol. The minimum absolute atomic E-state index is 0.526. The molecule has 2 unspecified atom stereocenters. The number of rotatable bonds is 5. The molecule has 5 nitrogen and oxygen atoms in total. The van der Waals surface area contributed by atoms with Gasteiger partial charge in [0.15, 0.2) is 5.96 Å². The molecule has 2 aromatic rings. The van der Waals surface area contributed by atoms with Gasteiger partial charge in [-0.1, -0.05) is 30.3 Å². The van der Waals surface area contributed by atoms with Gasteiger partial charge in [-0.05, 0) is 30.4 Å². The van der Waals surface area contributed by atoms with E-state index in [9.17, 15) is 0 Å². The summed E-state index contributed by atoms with van der Waals surface area (Å²) in [5, 5.41) is 11.0. The van der Waals surface area contributed by atoms with Crippen LogP contribution < -0.4 is 10.6 Å². The summed E-state index contributed by atoms with van der Waals surface area (Å²) >= 11 is 0. The summed E-state index contributed by atoms with van der Waals surface area (Å²) in [6.07, 6.45) is 4.16. The van der Waals surface area contributed by atoms with Crippen molar-refractivity contribution in [1.82, 2.24) is 20.4 Å². The molecule has 3 rings (SSSR count). The molecule has 0 amide bonds. The van der Waals surface area contributed by atoms with Crippen molar-refractivity contribution in [2.24, 2.45) is 18.0 Å². The molecule has 22 heavy (non-hydrogen) atoms. The van der Waals surface area contributed by atoms with E-state index >= 15 is 0 Å². The van der Waals surface area contributed by atoms with Crippen LogP contribution in [0.5, 0.6) is 0 Å². The number of nitrogens with one attached hydrogen (secondary N) is 2. The zero-order chi connectivity index (χ0) is 15.4. The van der Waals surface area contributed by atoms with E-state index < -0.39 is 0 Å². The topological polar surface area (TPSA) is 54.2 Å². The third-order valence-electron chi connectivity index (χ3n) is 4.17. The Hall–Kier alpha value is -2.30. The summed E-state index contributed by atoms with van der Waals surface area (Å²) < 4.78 is 1.87. The molecular weight excluding hydrogens is 274 g/mol. The van der Waals surface area contributed by atoms with Crippen LogP contribution in [-0.2, 0) is 20.0 Å². The fraction of sp³-hybridized carbons (Fsp3) is 0.412. The summed E-state index contributed by atoms with van der Waals surface area (Å²) in [6, 6.07) is 13.2. The maximum Gasteiger partial charge on any atom is 0.191 e. The molecule has 0 saturated heterocycles. The van der Waals surface area contributed by atoms with E-state index in [1.54, 1.807) is 0 Å². The predicted octanol–water partition coefficient (Wildman–Crippen LogP) is 1.72. The Labute approximate surface area is 131 Å². The first-order chi connectivity index (χ1) is 10.8. The Morgan fingerprint density at radius 3 is 2.82 bits per heavy atom. The van der Waals surface area contributed by atoms with E-state index in [2.05, 4.69) is 51.1 Å². The zero-order valence-electron chi connectivity index (χ0n) is 13.2. The van der Waals surface area contributed by atoms with Gasteiger partial charge in [-0.15, -0.1) is 0 Å². The van der Waals surface area contributed by atoms with Crippen molar-refractivity contribution in [1.29, 1.82) is 0 Å². The molecule has 0 radical (unpaired) electrons. The Kier molecular flexibility index (Phi) is 4.42. The van der Waals surface area contributed by atoms with Crippen molar-refractivity contribution in [3.05, 3.63) is 53.9 Å². The van der Waals surface area contributed by atoms with Gasteiger partial charge in [-0.3, -0.25) is 9.67 Å². The van der Waals surface area contributed by atoms with Gasteiger partial charge in [-0.2, -0.15) is 5.10 Å². The number of nitrogens with zero attached hydrogens (tertiary/aromatic N) is 3. The fourth-order valence-electron chi connectivity index (χ4n) is 2.69. The van der Waals surface area contributed by atoms with Crippen LogP contribution in [0.15, 0.2) is 47.6 Å². The molecule has 5 heteroatoms. The Balaban J connectivity index is 1.45. The van der Waals surface area contributed by atoms with Crippen molar-refractivity contribution in [2.75, 3.05) is 7.05 Å². The van der Waals surface area contributed by atoms with Gasteiger partial charge >= 0.3 is 0 Å². The molecule has 2 atom stereocenters. The third kappa shape index (κ3) is 3.67. The number of guanidine groups is 1. The van der Waals surface area contributed by atoms with Crippen LogP contribution in [0.25, 0.3) is 0 Å². The molecule has 1 aromatic heterocycles. The lowest BCUT2D eigenvalue weighted by Crippen LogP contribution is -2.39. The Bertz CT molecular complexity index is 632. The van der Waals surface area contributed by atoms with Crippen molar-refractivity contribution in [3.8, 4) is 0 Å². The average Bonchev–Trinajstić information content (AvgIpc) is 3.13.